The molecule has 23 heavy (non-hydrogen) atoms. The summed E-state index contributed by atoms with van der Waals surface area (Å²) in [5.74, 6) is 0.570. The van der Waals surface area contributed by atoms with Crippen LogP contribution < -0.4 is 14.8 Å². The van der Waals surface area contributed by atoms with Crippen molar-refractivity contribution in [1.29, 1.82) is 0 Å². The summed E-state index contributed by atoms with van der Waals surface area (Å²) < 4.78 is 30.9. The molecule has 0 fully saturated rings. The van der Waals surface area contributed by atoms with Crippen molar-refractivity contribution in [3.05, 3.63) is 46.8 Å². The standard InChI is InChI=1S/C15H18N2O4S2/c1-16-23(19,20)15-7-6-13(22-15)10-17-14(18)9-11-4-3-5-12(8-11)21-2/h3-8,16H,9-10H2,1-2H3,(H,17,18). The first-order valence-corrected chi connectivity index (χ1v) is 9.16. The van der Waals surface area contributed by atoms with Gasteiger partial charge in [-0.15, -0.1) is 11.3 Å². The molecule has 1 aromatic carbocycles. The van der Waals surface area contributed by atoms with Gasteiger partial charge in [-0.25, -0.2) is 13.1 Å². The predicted molar refractivity (Wildman–Crippen MR) is 89.1 cm³/mol. The van der Waals surface area contributed by atoms with Crippen LogP contribution in [0.2, 0.25) is 0 Å². The molecule has 0 unspecified atom stereocenters. The number of sulfonamides is 1. The minimum Gasteiger partial charge on any atom is -0.497 e. The number of thiophene rings is 1. The van der Waals surface area contributed by atoms with E-state index in [9.17, 15) is 13.2 Å². The number of benzene rings is 1. The van der Waals surface area contributed by atoms with E-state index in [1.54, 1.807) is 13.2 Å². The highest BCUT2D eigenvalue weighted by Crippen LogP contribution is 2.21. The van der Waals surface area contributed by atoms with Crippen LogP contribution in [0.1, 0.15) is 10.4 Å². The molecule has 0 atom stereocenters. The number of rotatable bonds is 7. The van der Waals surface area contributed by atoms with Crippen molar-refractivity contribution >= 4 is 27.3 Å². The lowest BCUT2D eigenvalue weighted by Crippen LogP contribution is -2.24. The van der Waals surface area contributed by atoms with Crippen LogP contribution >= 0.6 is 11.3 Å². The largest absolute Gasteiger partial charge is 0.497 e. The molecule has 1 amide bonds. The quantitative estimate of drug-likeness (QED) is 0.790. The first kappa shape index (κ1) is 17.5. The van der Waals surface area contributed by atoms with Crippen molar-refractivity contribution < 1.29 is 17.9 Å². The zero-order chi connectivity index (χ0) is 16.9. The zero-order valence-corrected chi connectivity index (χ0v) is 14.5. The molecule has 0 saturated carbocycles. The minimum atomic E-state index is -3.43. The summed E-state index contributed by atoms with van der Waals surface area (Å²) in [7, 11) is -0.488. The number of carbonyl (C=O) groups is 1. The Balaban J connectivity index is 1.92. The number of ether oxygens (including phenoxy) is 1. The summed E-state index contributed by atoms with van der Waals surface area (Å²) in [5.41, 5.74) is 0.853. The molecule has 2 aromatic rings. The van der Waals surface area contributed by atoms with Gasteiger partial charge < -0.3 is 10.1 Å². The molecular formula is C15H18N2O4S2. The highest BCUT2D eigenvalue weighted by molar-refractivity contribution is 7.91. The molecule has 0 bridgehead atoms. The highest BCUT2D eigenvalue weighted by atomic mass is 32.2. The van der Waals surface area contributed by atoms with Gasteiger partial charge in [0.15, 0.2) is 0 Å². The maximum Gasteiger partial charge on any atom is 0.249 e. The number of methoxy groups -OCH3 is 1. The van der Waals surface area contributed by atoms with E-state index in [-0.39, 0.29) is 16.5 Å². The second-order valence-corrected chi connectivity index (χ2v) is 8.02. The van der Waals surface area contributed by atoms with Crippen LogP contribution in [0.15, 0.2) is 40.6 Å². The molecule has 6 nitrogen and oxygen atoms in total. The normalized spacial score (nSPS) is 11.2. The molecule has 0 aliphatic rings. The highest BCUT2D eigenvalue weighted by Gasteiger charge is 2.14. The number of nitrogens with one attached hydrogen (secondary N) is 2. The Morgan fingerprint density at radius 3 is 2.74 bits per heavy atom. The SMILES string of the molecule is CNS(=O)(=O)c1ccc(CNC(=O)Cc2cccc(OC)c2)s1. The summed E-state index contributed by atoms with van der Waals surface area (Å²) in [5, 5.41) is 2.78. The summed E-state index contributed by atoms with van der Waals surface area (Å²) in [6.45, 7) is 0.298. The van der Waals surface area contributed by atoms with E-state index in [2.05, 4.69) is 10.0 Å². The van der Waals surface area contributed by atoms with Crippen molar-refractivity contribution in [2.75, 3.05) is 14.2 Å². The molecule has 2 N–H and O–H groups in total. The monoisotopic (exact) mass is 354 g/mol. The molecule has 0 aliphatic carbocycles. The summed E-state index contributed by atoms with van der Waals surface area (Å²) in [6, 6.07) is 10.5. The van der Waals surface area contributed by atoms with Gasteiger partial charge in [0.2, 0.25) is 15.9 Å². The predicted octanol–water partition coefficient (Wildman–Crippen LogP) is 1.52. The van der Waals surface area contributed by atoms with Gasteiger partial charge in [-0.05, 0) is 36.9 Å². The fraction of sp³-hybridized carbons (Fsp3) is 0.267. The number of hydrogen-bond acceptors (Lipinski definition) is 5. The molecule has 0 saturated heterocycles. The van der Waals surface area contributed by atoms with Gasteiger partial charge in [0.25, 0.3) is 0 Å². The fourth-order valence-electron chi connectivity index (χ4n) is 1.91. The summed E-state index contributed by atoms with van der Waals surface area (Å²) >= 11 is 1.13. The molecular weight excluding hydrogens is 336 g/mol. The molecule has 1 heterocycles. The van der Waals surface area contributed by atoms with E-state index in [1.165, 1.54) is 13.1 Å². The third kappa shape index (κ3) is 4.78. The Bertz CT molecular complexity index is 784. The fourth-order valence-corrected chi connectivity index (χ4v) is 4.05. The van der Waals surface area contributed by atoms with Crippen LogP contribution in [0.4, 0.5) is 0 Å². The summed E-state index contributed by atoms with van der Waals surface area (Å²) in [4.78, 5) is 12.7. The minimum absolute atomic E-state index is 0.135. The maximum absolute atomic E-state index is 12.0. The van der Waals surface area contributed by atoms with Crippen LogP contribution in [0.5, 0.6) is 5.75 Å². The van der Waals surface area contributed by atoms with Crippen molar-refractivity contribution in [2.24, 2.45) is 0 Å². The van der Waals surface area contributed by atoms with Crippen molar-refractivity contribution in [2.45, 2.75) is 17.2 Å². The van der Waals surface area contributed by atoms with Crippen LogP contribution in [-0.4, -0.2) is 28.5 Å². The van der Waals surface area contributed by atoms with Crippen LogP contribution in [-0.2, 0) is 27.8 Å². The van der Waals surface area contributed by atoms with E-state index in [4.69, 9.17) is 4.74 Å². The third-order valence-electron chi connectivity index (χ3n) is 3.13. The number of hydrogen-bond donors (Lipinski definition) is 2. The van der Waals surface area contributed by atoms with Crippen molar-refractivity contribution in [1.82, 2.24) is 10.0 Å². The van der Waals surface area contributed by atoms with E-state index >= 15 is 0 Å². The van der Waals surface area contributed by atoms with Gasteiger partial charge in [0.05, 0.1) is 20.1 Å². The van der Waals surface area contributed by atoms with Gasteiger partial charge in [-0.1, -0.05) is 12.1 Å². The van der Waals surface area contributed by atoms with E-state index in [0.717, 1.165) is 21.8 Å². The second-order valence-electron chi connectivity index (χ2n) is 4.73. The molecule has 0 radical (unpaired) electrons. The summed E-state index contributed by atoms with van der Waals surface area (Å²) in [6.07, 6.45) is 0.240. The van der Waals surface area contributed by atoms with Crippen LogP contribution in [0.25, 0.3) is 0 Å². The van der Waals surface area contributed by atoms with Gasteiger partial charge in [0, 0.05) is 4.88 Å². The molecule has 1 aromatic heterocycles. The van der Waals surface area contributed by atoms with Crippen molar-refractivity contribution in [3.8, 4) is 5.75 Å². The first-order valence-electron chi connectivity index (χ1n) is 6.86. The van der Waals surface area contributed by atoms with E-state index < -0.39 is 10.0 Å². The van der Waals surface area contributed by atoms with Crippen LogP contribution in [0.3, 0.4) is 0 Å². The molecule has 124 valence electrons. The molecule has 0 aliphatic heterocycles. The first-order chi connectivity index (χ1) is 10.9. The topological polar surface area (TPSA) is 84.5 Å². The Morgan fingerprint density at radius 2 is 2.04 bits per heavy atom. The second kappa shape index (κ2) is 7.58. The lowest BCUT2D eigenvalue weighted by Gasteiger charge is -2.05. The van der Waals surface area contributed by atoms with E-state index in [0.29, 0.717) is 12.3 Å². The van der Waals surface area contributed by atoms with Gasteiger partial charge >= 0.3 is 0 Å². The molecule has 2 rings (SSSR count). The average molecular weight is 354 g/mol. The third-order valence-corrected chi connectivity index (χ3v) is 6.12. The molecule has 8 heteroatoms. The smallest absolute Gasteiger partial charge is 0.249 e. The number of carbonyl (C=O) groups excluding carboxylic acids is 1. The maximum atomic E-state index is 12.0. The Labute approximate surface area is 139 Å². The van der Waals surface area contributed by atoms with Crippen molar-refractivity contribution in [3.63, 3.8) is 0 Å². The van der Waals surface area contributed by atoms with Gasteiger partial charge in [0.1, 0.15) is 9.96 Å². The van der Waals surface area contributed by atoms with Gasteiger partial charge in [-0.2, -0.15) is 0 Å². The lowest BCUT2D eigenvalue weighted by atomic mass is 10.1. The zero-order valence-electron chi connectivity index (χ0n) is 12.8. The van der Waals surface area contributed by atoms with Gasteiger partial charge in [-0.3, -0.25) is 4.79 Å². The van der Waals surface area contributed by atoms with Crippen LogP contribution in [0, 0.1) is 0 Å². The average Bonchev–Trinajstić information content (AvgIpc) is 3.03. The molecule has 0 spiro atoms. The lowest BCUT2D eigenvalue weighted by molar-refractivity contribution is -0.120. The van der Waals surface area contributed by atoms with E-state index in [1.807, 2.05) is 24.3 Å². The Morgan fingerprint density at radius 1 is 1.26 bits per heavy atom. The Kier molecular flexibility index (Phi) is 5.75. The Hall–Kier alpha value is -1.90. The number of amides is 1.